The number of halogens is 2. The monoisotopic (exact) mass is 528 g/mol. The Hall–Kier alpha value is -1.30. The van der Waals surface area contributed by atoms with Crippen LogP contribution in [0.25, 0.3) is 0 Å². The lowest BCUT2D eigenvalue weighted by Crippen LogP contribution is -3.00. The van der Waals surface area contributed by atoms with Gasteiger partial charge in [-0.05, 0) is 30.9 Å². The molecule has 0 radical (unpaired) electrons. The highest BCUT2D eigenvalue weighted by Crippen LogP contribution is 2.43. The molecule has 0 spiro atoms. The molecular formula is C29H50Cl2N2O2. The molecule has 2 aromatic carbocycles. The molecule has 3 N–H and O–H groups in total. The Morgan fingerprint density at radius 1 is 0.771 bits per heavy atom. The molecule has 4 nitrogen and oxygen atoms in total. The molecule has 0 aliphatic heterocycles. The SMILES string of the molecule is CC(C)CC(CC(C)C)(c1ccccc1)[N+](C)(C)CCOCCOc1ccccc1.CC[NH3+].[Cl-].[Cl-]. The zero-order chi connectivity index (χ0) is 24.7. The lowest BCUT2D eigenvalue weighted by atomic mass is 9.74. The number of ether oxygens (including phenoxy) is 2. The predicted molar refractivity (Wildman–Crippen MR) is 140 cm³/mol. The van der Waals surface area contributed by atoms with Crippen LogP contribution in [0.2, 0.25) is 0 Å². The van der Waals surface area contributed by atoms with E-state index in [9.17, 15) is 0 Å². The van der Waals surface area contributed by atoms with E-state index >= 15 is 0 Å². The molecule has 2 rings (SSSR count). The fourth-order valence-electron chi connectivity index (χ4n) is 4.61. The molecule has 6 heteroatoms. The van der Waals surface area contributed by atoms with Gasteiger partial charge in [0.25, 0.3) is 0 Å². The van der Waals surface area contributed by atoms with Crippen molar-refractivity contribution in [3.63, 3.8) is 0 Å². The van der Waals surface area contributed by atoms with Gasteiger partial charge in [0.05, 0.1) is 33.9 Å². The van der Waals surface area contributed by atoms with E-state index in [1.807, 2.05) is 37.3 Å². The van der Waals surface area contributed by atoms with E-state index in [-0.39, 0.29) is 30.4 Å². The lowest BCUT2D eigenvalue weighted by Gasteiger charge is -2.51. The minimum atomic E-state index is 0. The summed E-state index contributed by atoms with van der Waals surface area (Å²) in [7, 11) is 4.75. The van der Waals surface area contributed by atoms with Gasteiger partial charge in [0, 0.05) is 18.4 Å². The smallest absolute Gasteiger partial charge is 0.125 e. The second kappa shape index (κ2) is 18.9. The third-order valence-corrected chi connectivity index (χ3v) is 6.00. The molecule has 0 unspecified atom stereocenters. The van der Waals surface area contributed by atoms with Crippen LogP contribution in [0.3, 0.4) is 0 Å². The molecule has 0 aliphatic rings. The summed E-state index contributed by atoms with van der Waals surface area (Å²) in [4.78, 5) is 0. The second-order valence-electron chi connectivity index (χ2n) is 10.3. The summed E-state index contributed by atoms with van der Waals surface area (Å²) in [5.74, 6) is 2.15. The number of hydrogen-bond acceptors (Lipinski definition) is 2. The van der Waals surface area contributed by atoms with Crippen LogP contribution in [-0.4, -0.2) is 51.5 Å². The Kier molecular flexibility index (Phi) is 19.4. The Bertz CT molecular complexity index is 731. The van der Waals surface area contributed by atoms with Gasteiger partial charge in [-0.15, -0.1) is 0 Å². The highest BCUT2D eigenvalue weighted by atomic mass is 35.5. The van der Waals surface area contributed by atoms with Crippen molar-refractivity contribution >= 4 is 0 Å². The van der Waals surface area contributed by atoms with Crippen molar-refractivity contribution in [3.8, 4) is 5.75 Å². The number of rotatable bonds is 13. The Balaban J connectivity index is 0. The first-order valence-corrected chi connectivity index (χ1v) is 12.6. The topological polar surface area (TPSA) is 46.1 Å². The first kappa shape index (κ1) is 35.9. The molecular weight excluding hydrogens is 479 g/mol. The van der Waals surface area contributed by atoms with Crippen LogP contribution in [0.5, 0.6) is 5.75 Å². The first-order chi connectivity index (χ1) is 15.7. The van der Waals surface area contributed by atoms with Gasteiger partial charge in [-0.1, -0.05) is 76.2 Å². The fraction of sp³-hybridized carbons (Fsp3) is 0.586. The van der Waals surface area contributed by atoms with E-state index in [1.54, 1.807) is 0 Å². The maximum Gasteiger partial charge on any atom is 0.125 e. The van der Waals surface area contributed by atoms with Gasteiger partial charge in [0.1, 0.15) is 24.4 Å². The van der Waals surface area contributed by atoms with Crippen LogP contribution in [0.15, 0.2) is 60.7 Å². The number of quaternary nitrogens is 2. The third kappa shape index (κ3) is 12.5. The molecule has 0 aliphatic carbocycles. The molecule has 0 saturated heterocycles. The Morgan fingerprint density at radius 2 is 1.23 bits per heavy atom. The van der Waals surface area contributed by atoms with Crippen LogP contribution in [0.1, 0.15) is 53.0 Å². The normalized spacial score (nSPS) is 11.3. The molecule has 0 bridgehead atoms. The number of nitrogens with zero attached hydrogens (tertiary/aromatic N) is 1. The number of para-hydroxylation sites is 1. The van der Waals surface area contributed by atoms with Crippen LogP contribution in [0.4, 0.5) is 0 Å². The quantitative estimate of drug-likeness (QED) is 0.279. The van der Waals surface area contributed by atoms with Gasteiger partial charge in [0.2, 0.25) is 0 Å². The average Bonchev–Trinajstić information content (AvgIpc) is 2.76. The van der Waals surface area contributed by atoms with Crippen LogP contribution in [-0.2, 0) is 10.3 Å². The van der Waals surface area contributed by atoms with Crippen molar-refractivity contribution in [2.45, 2.75) is 53.0 Å². The summed E-state index contributed by atoms with van der Waals surface area (Å²) in [6.07, 6.45) is 2.33. The summed E-state index contributed by atoms with van der Waals surface area (Å²) in [6.45, 7) is 15.3. The van der Waals surface area contributed by atoms with Crippen LogP contribution < -0.4 is 35.3 Å². The van der Waals surface area contributed by atoms with Crippen molar-refractivity contribution in [2.24, 2.45) is 11.8 Å². The molecule has 0 heterocycles. The van der Waals surface area contributed by atoms with Gasteiger partial charge in [-0.25, -0.2) is 0 Å². The zero-order valence-electron chi connectivity index (χ0n) is 23.1. The minimum Gasteiger partial charge on any atom is -1.00 e. The summed E-state index contributed by atoms with van der Waals surface area (Å²) in [5.41, 5.74) is 5.01. The number of benzene rings is 2. The first-order valence-electron chi connectivity index (χ1n) is 12.6. The van der Waals surface area contributed by atoms with Gasteiger partial charge < -0.3 is 44.5 Å². The van der Waals surface area contributed by atoms with E-state index in [0.29, 0.717) is 25.0 Å². The zero-order valence-corrected chi connectivity index (χ0v) is 24.6. The molecule has 0 saturated carbocycles. The molecule has 0 atom stereocenters. The summed E-state index contributed by atoms with van der Waals surface area (Å²) in [6, 6.07) is 21.1. The van der Waals surface area contributed by atoms with Crippen molar-refractivity contribution in [1.82, 2.24) is 0 Å². The highest BCUT2D eigenvalue weighted by Gasteiger charge is 2.47. The molecule has 202 valence electrons. The van der Waals surface area contributed by atoms with Crippen LogP contribution >= 0.6 is 0 Å². The maximum absolute atomic E-state index is 5.99. The predicted octanol–water partition coefficient (Wildman–Crippen LogP) is -0.598. The van der Waals surface area contributed by atoms with E-state index in [4.69, 9.17) is 9.47 Å². The van der Waals surface area contributed by atoms with Crippen LogP contribution in [0, 0.1) is 11.8 Å². The molecule has 2 aromatic rings. The Morgan fingerprint density at radius 3 is 1.69 bits per heavy atom. The molecule has 35 heavy (non-hydrogen) atoms. The Labute approximate surface area is 228 Å². The standard InChI is InChI=1S/C27H42NO2.C2H7N.2ClH/c1-23(2)21-27(22-24(3)4,25-13-9-7-10-14-25)28(5,6)17-18-29-19-20-30-26-15-11-8-12-16-26;1-2-3;;/h7-16,23-24H,17-22H2,1-6H3;2-3H2,1H3;2*1H/q+1;;;/p-1. The molecule has 0 aromatic heterocycles. The average molecular weight is 530 g/mol. The van der Waals surface area contributed by atoms with E-state index < -0.39 is 0 Å². The summed E-state index contributed by atoms with van der Waals surface area (Å²) < 4.78 is 12.7. The summed E-state index contributed by atoms with van der Waals surface area (Å²) in [5, 5.41) is 0. The third-order valence-electron chi connectivity index (χ3n) is 6.00. The largest absolute Gasteiger partial charge is 1.00 e. The maximum atomic E-state index is 5.99. The summed E-state index contributed by atoms with van der Waals surface area (Å²) >= 11 is 0. The number of likely N-dealkylation sites (N-methyl/N-ethyl adjacent to an activating group) is 1. The van der Waals surface area contributed by atoms with Gasteiger partial charge in [0.15, 0.2) is 0 Å². The minimum absolute atomic E-state index is 0. The van der Waals surface area contributed by atoms with Crippen molar-refractivity contribution in [2.75, 3.05) is 47.0 Å². The van der Waals surface area contributed by atoms with Gasteiger partial charge in [-0.2, -0.15) is 0 Å². The fourth-order valence-corrected chi connectivity index (χ4v) is 4.61. The van der Waals surface area contributed by atoms with Crippen molar-refractivity contribution in [3.05, 3.63) is 66.2 Å². The van der Waals surface area contributed by atoms with Crippen molar-refractivity contribution < 1.29 is 44.5 Å². The van der Waals surface area contributed by atoms with E-state index in [1.165, 1.54) is 18.4 Å². The van der Waals surface area contributed by atoms with Crippen molar-refractivity contribution in [1.29, 1.82) is 0 Å². The van der Waals surface area contributed by atoms with Gasteiger partial charge in [-0.3, -0.25) is 0 Å². The molecule has 0 amide bonds. The van der Waals surface area contributed by atoms with E-state index in [2.05, 4.69) is 77.9 Å². The highest BCUT2D eigenvalue weighted by molar-refractivity contribution is 5.23. The van der Waals surface area contributed by atoms with E-state index in [0.717, 1.165) is 29.9 Å². The number of hydrogen-bond donors (Lipinski definition) is 1. The second-order valence-corrected chi connectivity index (χ2v) is 10.3. The molecule has 0 fully saturated rings. The lowest BCUT2D eigenvalue weighted by molar-refractivity contribution is -0.952. The van der Waals surface area contributed by atoms with Gasteiger partial charge >= 0.3 is 0 Å².